The van der Waals surface area contributed by atoms with Gasteiger partial charge in [-0.3, -0.25) is 19.2 Å². The minimum atomic E-state index is -1.06. The topological polar surface area (TPSA) is 68.3 Å². The Bertz CT molecular complexity index is 812. The molecule has 3 rings (SSSR count). The van der Waals surface area contributed by atoms with Gasteiger partial charge in [-0.15, -0.1) is 0 Å². The molecule has 0 amide bonds. The van der Waals surface area contributed by atoms with E-state index in [2.05, 4.69) is 0 Å². The molecular weight excluding hydrogens is 411 g/mol. The van der Waals surface area contributed by atoms with Crippen molar-refractivity contribution in [1.82, 2.24) is 0 Å². The molecule has 2 aliphatic rings. The van der Waals surface area contributed by atoms with Gasteiger partial charge in [0.1, 0.15) is 23.1 Å². The van der Waals surface area contributed by atoms with Gasteiger partial charge >= 0.3 is 0 Å². The predicted octanol–water partition coefficient (Wildman–Crippen LogP) is 5.23. The molecule has 0 saturated heterocycles. The summed E-state index contributed by atoms with van der Waals surface area (Å²) in [5.74, 6) is -3.98. The van der Waals surface area contributed by atoms with Crippen LogP contribution in [0.1, 0.15) is 64.9 Å². The monoisotopic (exact) mass is 436 g/mol. The Labute approximate surface area is 181 Å². The van der Waals surface area contributed by atoms with Gasteiger partial charge in [0.05, 0.1) is 21.9 Å². The maximum absolute atomic E-state index is 13.1. The molecule has 0 aromatic heterocycles. The van der Waals surface area contributed by atoms with E-state index in [-0.39, 0.29) is 58.9 Å². The zero-order valence-corrected chi connectivity index (χ0v) is 18.7. The van der Waals surface area contributed by atoms with Gasteiger partial charge in [0.25, 0.3) is 0 Å². The highest BCUT2D eigenvalue weighted by atomic mass is 35.5. The molecule has 0 unspecified atom stereocenters. The van der Waals surface area contributed by atoms with E-state index in [0.717, 1.165) is 0 Å². The number of hydrogen-bond donors (Lipinski definition) is 0. The molecule has 156 valence electrons. The van der Waals surface area contributed by atoms with Crippen LogP contribution >= 0.6 is 23.2 Å². The number of hydrogen-bond acceptors (Lipinski definition) is 4. The van der Waals surface area contributed by atoms with Crippen molar-refractivity contribution >= 4 is 46.3 Å². The second-order valence-electron chi connectivity index (χ2n) is 10.0. The first-order valence-electron chi connectivity index (χ1n) is 9.88. The highest BCUT2D eigenvalue weighted by molar-refractivity contribution is 6.42. The van der Waals surface area contributed by atoms with E-state index < -0.39 is 28.6 Å². The molecule has 2 saturated carbocycles. The molecule has 0 heterocycles. The van der Waals surface area contributed by atoms with Gasteiger partial charge < -0.3 is 0 Å². The van der Waals surface area contributed by atoms with Crippen LogP contribution in [0.3, 0.4) is 0 Å². The second kappa shape index (κ2) is 7.63. The maximum atomic E-state index is 13.1. The van der Waals surface area contributed by atoms with E-state index in [0.29, 0.717) is 5.56 Å². The van der Waals surface area contributed by atoms with Crippen LogP contribution in [0.5, 0.6) is 0 Å². The van der Waals surface area contributed by atoms with E-state index >= 15 is 0 Å². The van der Waals surface area contributed by atoms with E-state index in [1.165, 1.54) is 0 Å². The third kappa shape index (κ3) is 4.34. The molecule has 0 spiro atoms. The summed E-state index contributed by atoms with van der Waals surface area (Å²) >= 11 is 12.7. The van der Waals surface area contributed by atoms with Crippen LogP contribution in [-0.4, -0.2) is 23.1 Å². The van der Waals surface area contributed by atoms with Crippen molar-refractivity contribution in [2.75, 3.05) is 0 Å². The normalized spacial score (nSPS) is 23.1. The summed E-state index contributed by atoms with van der Waals surface area (Å²) in [4.78, 5) is 52.4. The number of Topliss-reactive ketones (excluding diaryl/α,β-unsaturated/α-hetero) is 4. The third-order valence-corrected chi connectivity index (χ3v) is 6.89. The first-order chi connectivity index (χ1) is 13.3. The largest absolute Gasteiger partial charge is 0.299 e. The molecule has 0 atom stereocenters. The standard InChI is InChI=1S/C23H26Cl2O4/c1-22(2)8-14(26)19(15(27)9-22)18(12-6-5-7-13(24)21(12)25)20-16(28)10-23(3,4)11-17(20)29/h5-7,18-20H,8-11H2,1-4H3. The zero-order valence-electron chi connectivity index (χ0n) is 17.2. The Morgan fingerprint density at radius 1 is 0.759 bits per heavy atom. The molecule has 0 radical (unpaired) electrons. The summed E-state index contributed by atoms with van der Waals surface area (Å²) in [7, 11) is 0. The molecule has 6 heteroatoms. The van der Waals surface area contributed by atoms with Crippen molar-refractivity contribution in [2.45, 2.75) is 59.3 Å². The van der Waals surface area contributed by atoms with Crippen LogP contribution in [-0.2, 0) is 19.2 Å². The van der Waals surface area contributed by atoms with Crippen molar-refractivity contribution in [3.05, 3.63) is 33.8 Å². The second-order valence-corrected chi connectivity index (χ2v) is 10.8. The van der Waals surface area contributed by atoms with Gasteiger partial charge in [0.15, 0.2) is 0 Å². The van der Waals surface area contributed by atoms with E-state index in [4.69, 9.17) is 23.2 Å². The lowest BCUT2D eigenvalue weighted by Gasteiger charge is -2.41. The van der Waals surface area contributed by atoms with Gasteiger partial charge in [-0.1, -0.05) is 63.0 Å². The molecule has 4 nitrogen and oxygen atoms in total. The lowest BCUT2D eigenvalue weighted by Crippen LogP contribution is -2.48. The minimum Gasteiger partial charge on any atom is -0.299 e. The van der Waals surface area contributed by atoms with E-state index in [1.807, 2.05) is 27.7 Å². The Morgan fingerprint density at radius 2 is 1.14 bits per heavy atom. The number of benzene rings is 1. The molecule has 1 aromatic carbocycles. The summed E-state index contributed by atoms with van der Waals surface area (Å²) in [5, 5.41) is 0.455. The van der Waals surface area contributed by atoms with Gasteiger partial charge in [-0.05, 0) is 22.5 Å². The van der Waals surface area contributed by atoms with Crippen molar-refractivity contribution in [3.8, 4) is 0 Å². The van der Waals surface area contributed by atoms with Crippen molar-refractivity contribution in [3.63, 3.8) is 0 Å². The summed E-state index contributed by atoms with van der Waals surface area (Å²) in [6.07, 6.45) is 0.884. The Hall–Kier alpha value is -1.52. The summed E-state index contributed by atoms with van der Waals surface area (Å²) < 4.78 is 0. The average molecular weight is 437 g/mol. The quantitative estimate of drug-likeness (QED) is 0.608. The highest BCUT2D eigenvalue weighted by Crippen LogP contribution is 2.49. The molecule has 29 heavy (non-hydrogen) atoms. The van der Waals surface area contributed by atoms with Crippen LogP contribution in [0.2, 0.25) is 10.0 Å². The lowest BCUT2D eigenvalue weighted by molar-refractivity contribution is -0.145. The van der Waals surface area contributed by atoms with Gasteiger partial charge in [-0.25, -0.2) is 0 Å². The third-order valence-electron chi connectivity index (χ3n) is 6.06. The minimum absolute atomic E-state index is 0.190. The molecule has 2 fully saturated rings. The van der Waals surface area contributed by atoms with Crippen molar-refractivity contribution < 1.29 is 19.2 Å². The Balaban J connectivity index is 2.15. The first-order valence-corrected chi connectivity index (χ1v) is 10.6. The molecule has 0 N–H and O–H groups in total. The summed E-state index contributed by atoms with van der Waals surface area (Å²) in [5.41, 5.74) is -0.441. The van der Waals surface area contributed by atoms with E-state index in [1.54, 1.807) is 18.2 Å². The molecule has 1 aromatic rings. The number of rotatable bonds is 3. The Kier molecular flexibility index (Phi) is 5.83. The van der Waals surface area contributed by atoms with Gasteiger partial charge in [-0.2, -0.15) is 0 Å². The van der Waals surface area contributed by atoms with Crippen LogP contribution in [0, 0.1) is 22.7 Å². The smallest absolute Gasteiger partial charge is 0.144 e. The highest BCUT2D eigenvalue weighted by Gasteiger charge is 2.52. The molecular formula is C23H26Cl2O4. The fourth-order valence-corrected chi connectivity index (χ4v) is 5.37. The van der Waals surface area contributed by atoms with Gasteiger partial charge in [0.2, 0.25) is 0 Å². The molecule has 2 aliphatic carbocycles. The van der Waals surface area contributed by atoms with Crippen LogP contribution in [0.4, 0.5) is 0 Å². The number of ketones is 4. The first kappa shape index (κ1) is 22.2. The van der Waals surface area contributed by atoms with Crippen LogP contribution in [0.15, 0.2) is 18.2 Å². The molecule has 0 aliphatic heterocycles. The Morgan fingerprint density at radius 3 is 1.52 bits per heavy atom. The summed E-state index contributed by atoms with van der Waals surface area (Å²) in [6.45, 7) is 7.50. The van der Waals surface area contributed by atoms with E-state index in [9.17, 15) is 19.2 Å². The lowest BCUT2D eigenvalue weighted by atomic mass is 9.59. The number of carbonyl (C=O) groups is 4. The van der Waals surface area contributed by atoms with Crippen LogP contribution in [0.25, 0.3) is 0 Å². The summed E-state index contributed by atoms with van der Waals surface area (Å²) in [6, 6.07) is 4.94. The molecule has 0 bridgehead atoms. The zero-order chi connectivity index (χ0) is 21.7. The van der Waals surface area contributed by atoms with Crippen LogP contribution < -0.4 is 0 Å². The average Bonchev–Trinajstić information content (AvgIpc) is 2.52. The SMILES string of the molecule is CC1(C)CC(=O)C(C(c2cccc(Cl)c2Cl)C2C(=O)CC(C)(C)CC2=O)C(=O)C1. The fourth-order valence-electron chi connectivity index (χ4n) is 4.94. The van der Waals surface area contributed by atoms with Crippen molar-refractivity contribution in [1.29, 1.82) is 0 Å². The maximum Gasteiger partial charge on any atom is 0.144 e. The number of halogens is 2. The predicted molar refractivity (Wildman–Crippen MR) is 112 cm³/mol. The number of carbonyl (C=O) groups excluding carboxylic acids is 4. The fraction of sp³-hybridized carbons (Fsp3) is 0.565. The van der Waals surface area contributed by atoms with Crippen molar-refractivity contribution in [2.24, 2.45) is 22.7 Å². The van der Waals surface area contributed by atoms with Gasteiger partial charge in [0, 0.05) is 31.6 Å².